The van der Waals surface area contributed by atoms with Crippen LogP contribution in [0.3, 0.4) is 0 Å². The molecule has 14 bridgehead atoms. The van der Waals surface area contributed by atoms with Crippen molar-refractivity contribution in [3.63, 3.8) is 0 Å². The quantitative estimate of drug-likeness (QED) is 0.222. The second-order valence-corrected chi connectivity index (χ2v) is 27.7. The van der Waals surface area contributed by atoms with Gasteiger partial charge in [0.2, 0.25) is 0 Å². The molecule has 19 rings (SSSR count). The van der Waals surface area contributed by atoms with E-state index in [0.29, 0.717) is 95.8 Å². The van der Waals surface area contributed by atoms with Crippen LogP contribution in [0.2, 0.25) is 0 Å². The normalized spacial score (nSPS) is 46.3. The van der Waals surface area contributed by atoms with E-state index in [2.05, 4.69) is 41.0 Å². The van der Waals surface area contributed by atoms with Crippen LogP contribution in [0.5, 0.6) is 0 Å². The summed E-state index contributed by atoms with van der Waals surface area (Å²) in [6.07, 6.45) is 32.4. The summed E-state index contributed by atoms with van der Waals surface area (Å²) >= 11 is 0. The Hall–Kier alpha value is -3.36. The average molecular weight is 960 g/mol. The van der Waals surface area contributed by atoms with Crippen molar-refractivity contribution in [1.29, 1.82) is 0 Å². The fourth-order valence-electron chi connectivity index (χ4n) is 23.0. The molecule has 5 saturated carbocycles. The number of fused-ring (bicyclic) bond motifs is 3. The van der Waals surface area contributed by atoms with Crippen LogP contribution < -0.4 is 5.73 Å². The van der Waals surface area contributed by atoms with Gasteiger partial charge in [-0.05, 0) is 186 Å². The van der Waals surface area contributed by atoms with Gasteiger partial charge in [0, 0.05) is 67.2 Å². The summed E-state index contributed by atoms with van der Waals surface area (Å²) in [7, 11) is 0. The summed E-state index contributed by atoms with van der Waals surface area (Å²) in [6, 6.07) is 7.23. The molecule has 8 fully saturated rings. The number of esters is 2. The third kappa shape index (κ3) is 5.33. The summed E-state index contributed by atoms with van der Waals surface area (Å²) in [6.45, 7) is 6.55. The lowest BCUT2D eigenvalue weighted by molar-refractivity contribution is -0.284. The topological polar surface area (TPSA) is 105 Å². The highest BCUT2D eigenvalue weighted by atomic mass is 16.6. The van der Waals surface area contributed by atoms with Crippen molar-refractivity contribution < 1.29 is 24.2 Å². The minimum atomic E-state index is -1.13. The molecule has 71 heavy (non-hydrogen) atoms. The number of aliphatic hydroxyl groups is 1. The lowest BCUT2D eigenvalue weighted by Crippen LogP contribution is -2.78. The first-order chi connectivity index (χ1) is 34.6. The summed E-state index contributed by atoms with van der Waals surface area (Å²) < 4.78 is 14.8. The molecular weight excluding hydrogens is 879 g/mol. The number of piperidine rings is 2. The van der Waals surface area contributed by atoms with Crippen molar-refractivity contribution >= 4 is 11.9 Å². The maximum atomic E-state index is 16.7. The van der Waals surface area contributed by atoms with Crippen molar-refractivity contribution in [2.24, 2.45) is 80.7 Å². The maximum absolute atomic E-state index is 16.7. The molecule has 18 aliphatic rings. The number of allylic oxidation sites excluding steroid dienone is 4. The van der Waals surface area contributed by atoms with Crippen molar-refractivity contribution in [3.8, 4) is 0 Å². The number of aliphatic hydroxyl groups excluding tert-OH is 1. The standard InChI is InChI=1S/C63H81N3O5/c1-36-26-41-16-17-48-44-27-37-33-65(35-44)49(42-13-8-22-59(31-42)20-5-6-21-59)30-50(67)56-61-24-19-45-53-46-32-60(36,54(45)55(41)66(48)34-37)23-18-40(46)28-43(38-10-3-2-4-11-38)29-51(62(53,61)58(69)70-56)63(61)47-15-7-12-39(14-9-25-64)52(47)57(68)71-63/h7,12,15,28,36-38,42-44,46,48-49,51,54,67H,2-6,8-11,13-14,16-27,29-35,64H2,1H3. The first kappa shape index (κ1) is 44.0. The Morgan fingerprint density at radius 3 is 2.54 bits per heavy atom. The van der Waals surface area contributed by atoms with Crippen LogP contribution >= 0.6 is 0 Å². The Balaban J connectivity index is 0.985. The Labute approximate surface area is 423 Å². The second-order valence-electron chi connectivity index (χ2n) is 27.7. The zero-order valence-electron chi connectivity index (χ0n) is 42.9. The number of nitrogens with two attached hydrogens (primary N) is 1. The van der Waals surface area contributed by atoms with Gasteiger partial charge in [-0.25, -0.2) is 4.79 Å². The first-order valence-electron chi connectivity index (χ1n) is 30.0. The van der Waals surface area contributed by atoms with Gasteiger partial charge in [0.15, 0.2) is 11.4 Å². The predicted molar refractivity (Wildman–Crippen MR) is 272 cm³/mol. The molecule has 9 aliphatic heterocycles. The zero-order chi connectivity index (χ0) is 47.4. The molecule has 8 heteroatoms. The van der Waals surface area contributed by atoms with E-state index in [1.54, 1.807) is 22.4 Å². The molecule has 5 spiro atoms. The third-order valence-electron chi connectivity index (χ3n) is 25.3. The van der Waals surface area contributed by atoms with Gasteiger partial charge < -0.3 is 25.2 Å². The highest BCUT2D eigenvalue weighted by molar-refractivity contribution is 6.00. The van der Waals surface area contributed by atoms with E-state index in [-0.39, 0.29) is 35.2 Å². The van der Waals surface area contributed by atoms with E-state index in [9.17, 15) is 5.11 Å². The maximum Gasteiger partial charge on any atom is 0.339 e. The number of carbonyl (C=O) groups excluding carboxylic acids is 2. The second kappa shape index (κ2) is 15.2. The third-order valence-corrected chi connectivity index (χ3v) is 25.3. The summed E-state index contributed by atoms with van der Waals surface area (Å²) in [4.78, 5) is 38.0. The highest BCUT2D eigenvalue weighted by Gasteiger charge is 2.94. The van der Waals surface area contributed by atoms with Crippen LogP contribution in [-0.4, -0.2) is 65.1 Å². The molecule has 1 aromatic carbocycles. The van der Waals surface area contributed by atoms with Gasteiger partial charge in [-0.15, -0.1) is 0 Å². The lowest BCUT2D eigenvalue weighted by atomic mass is 9.26. The van der Waals surface area contributed by atoms with Crippen LogP contribution in [0.25, 0.3) is 0 Å². The Morgan fingerprint density at radius 2 is 1.68 bits per heavy atom. The van der Waals surface area contributed by atoms with Gasteiger partial charge in [-0.1, -0.05) is 86.4 Å². The fraction of sp³-hybridized carbons (Fsp3) is 0.746. The molecule has 0 amide bonds. The van der Waals surface area contributed by atoms with Gasteiger partial charge in [0.25, 0.3) is 0 Å². The van der Waals surface area contributed by atoms with E-state index in [1.807, 2.05) is 0 Å². The average Bonchev–Trinajstić information content (AvgIpc) is 4.17. The molecular formula is C63H81N3O5. The first-order valence-corrected chi connectivity index (χ1v) is 30.0. The summed E-state index contributed by atoms with van der Waals surface area (Å²) in [5.74, 6) is 3.78. The molecule has 3 N–H and O–H groups in total. The Kier molecular flexibility index (Phi) is 9.39. The fourth-order valence-corrected chi connectivity index (χ4v) is 23.0. The van der Waals surface area contributed by atoms with E-state index in [0.717, 1.165) is 62.9 Å². The molecule has 0 radical (unpaired) electrons. The molecule has 9 heterocycles. The van der Waals surface area contributed by atoms with Crippen molar-refractivity contribution in [3.05, 3.63) is 80.5 Å². The van der Waals surface area contributed by atoms with Crippen molar-refractivity contribution in [2.75, 3.05) is 26.2 Å². The lowest BCUT2D eigenvalue weighted by Gasteiger charge is -2.74. The van der Waals surface area contributed by atoms with Crippen molar-refractivity contribution in [2.45, 2.75) is 192 Å². The number of carbonyl (C=O) groups is 2. The molecule has 378 valence electrons. The van der Waals surface area contributed by atoms with E-state index >= 15 is 9.59 Å². The number of hydrogen-bond acceptors (Lipinski definition) is 8. The van der Waals surface area contributed by atoms with E-state index in [1.165, 1.54) is 121 Å². The minimum absolute atomic E-state index is 0.125. The number of rotatable bonds is 5. The van der Waals surface area contributed by atoms with Gasteiger partial charge >= 0.3 is 11.9 Å². The number of benzene rings is 1. The zero-order valence-corrected chi connectivity index (χ0v) is 42.9. The number of hydrogen-bond donors (Lipinski definition) is 2. The van der Waals surface area contributed by atoms with E-state index in [4.69, 9.17) is 15.2 Å². The van der Waals surface area contributed by atoms with Crippen LogP contribution in [0.15, 0.2) is 63.8 Å². The van der Waals surface area contributed by atoms with Gasteiger partial charge in [0.05, 0.1) is 11.0 Å². The van der Waals surface area contributed by atoms with Crippen LogP contribution in [0.4, 0.5) is 0 Å². The number of aryl methyl sites for hydroxylation is 1. The van der Waals surface area contributed by atoms with Gasteiger partial charge in [-0.3, -0.25) is 9.69 Å². The highest BCUT2D eigenvalue weighted by Crippen LogP contribution is 2.89. The Bertz CT molecular complexity index is 2650. The largest absolute Gasteiger partial charge is 0.509 e. The number of ether oxygens (including phenoxy) is 2. The van der Waals surface area contributed by atoms with Crippen molar-refractivity contribution in [1.82, 2.24) is 9.80 Å². The van der Waals surface area contributed by atoms with Crippen LogP contribution in [-0.2, 0) is 26.3 Å². The van der Waals surface area contributed by atoms with Crippen LogP contribution in [0.1, 0.15) is 189 Å². The smallest absolute Gasteiger partial charge is 0.339 e. The van der Waals surface area contributed by atoms with E-state index < -0.39 is 16.4 Å². The molecule has 1 aromatic rings. The summed E-state index contributed by atoms with van der Waals surface area (Å²) in [5, 5.41) is 13.8. The minimum Gasteiger partial charge on any atom is -0.509 e. The molecule has 9 aliphatic carbocycles. The van der Waals surface area contributed by atoms with Gasteiger partial charge in [-0.2, -0.15) is 0 Å². The monoisotopic (exact) mass is 960 g/mol. The van der Waals surface area contributed by atoms with Gasteiger partial charge in [0.1, 0.15) is 11.2 Å². The predicted octanol–water partition coefficient (Wildman–Crippen LogP) is 12.1. The van der Waals surface area contributed by atoms with Crippen LogP contribution in [0, 0.1) is 74.9 Å². The molecule has 15 atom stereocenters. The summed E-state index contributed by atoms with van der Waals surface area (Å²) in [5.41, 5.74) is 14.4. The molecule has 3 saturated heterocycles. The molecule has 0 aromatic heterocycles. The Morgan fingerprint density at radius 1 is 0.831 bits per heavy atom. The SMILES string of the molecule is CC1CC2=C3C4C5=C6C7CC14CCC7=CC(C1CCCCC1)CC1C64C(=O)OC(=C(O)CC(C6CCCC7(CCCC7)C6)N6CC7CC(C6)C(CC2)N3C7)C4(CC5)C12OC(=O)c1c(CCCN)cccc12. The molecule has 15 unspecified atom stereocenters. The number of nitrogens with zero attached hydrogens (tertiary/aromatic N) is 2. The molecule has 8 nitrogen and oxygen atoms in total.